The van der Waals surface area contributed by atoms with Crippen molar-refractivity contribution in [3.63, 3.8) is 0 Å². The van der Waals surface area contributed by atoms with Crippen molar-refractivity contribution < 1.29 is 0 Å². The summed E-state index contributed by atoms with van der Waals surface area (Å²) in [6.07, 6.45) is 2.75. The third-order valence-electron chi connectivity index (χ3n) is 4.78. The Bertz CT molecular complexity index is 236. The van der Waals surface area contributed by atoms with Gasteiger partial charge in [-0.2, -0.15) is 11.8 Å². The van der Waals surface area contributed by atoms with Crippen molar-refractivity contribution in [3.8, 4) is 0 Å². The molecule has 112 valence electrons. The van der Waals surface area contributed by atoms with Crippen LogP contribution in [0.2, 0.25) is 0 Å². The van der Waals surface area contributed by atoms with Gasteiger partial charge in [0.1, 0.15) is 0 Å². The van der Waals surface area contributed by atoms with Crippen LogP contribution in [-0.2, 0) is 0 Å². The smallest absolute Gasteiger partial charge is 0.0108 e. The maximum Gasteiger partial charge on any atom is 0.0108 e. The summed E-state index contributed by atoms with van der Waals surface area (Å²) in [7, 11) is 0. The van der Waals surface area contributed by atoms with Gasteiger partial charge in [0, 0.05) is 43.7 Å². The van der Waals surface area contributed by atoms with Crippen molar-refractivity contribution in [1.82, 2.24) is 15.1 Å². The normalized spacial score (nSPS) is 25.6. The van der Waals surface area contributed by atoms with E-state index in [1.54, 1.807) is 0 Å². The van der Waals surface area contributed by atoms with Crippen molar-refractivity contribution in [2.24, 2.45) is 5.92 Å². The standard InChI is InChI=1S/C15H31N3S/c1-3-17-7-4-15(5-8-17)14(2)16-6-9-18-10-12-19-13-11-18/h14-16H,3-13H2,1-2H3. The molecular formula is C15H31N3S. The number of piperidine rings is 1. The van der Waals surface area contributed by atoms with Gasteiger partial charge in [0.25, 0.3) is 0 Å². The van der Waals surface area contributed by atoms with Gasteiger partial charge in [0.05, 0.1) is 0 Å². The number of hydrogen-bond acceptors (Lipinski definition) is 4. The largest absolute Gasteiger partial charge is 0.313 e. The number of hydrogen-bond donors (Lipinski definition) is 1. The first kappa shape index (κ1) is 15.6. The highest BCUT2D eigenvalue weighted by molar-refractivity contribution is 7.99. The number of rotatable bonds is 6. The lowest BCUT2D eigenvalue weighted by molar-refractivity contribution is 0.167. The minimum absolute atomic E-state index is 0.693. The second-order valence-electron chi connectivity index (χ2n) is 5.97. The fourth-order valence-corrected chi connectivity index (χ4v) is 4.19. The molecule has 19 heavy (non-hydrogen) atoms. The molecule has 1 atom stereocenters. The molecule has 0 saturated carbocycles. The summed E-state index contributed by atoms with van der Waals surface area (Å²) in [6.45, 7) is 13.5. The van der Waals surface area contributed by atoms with E-state index in [0.29, 0.717) is 6.04 Å². The van der Waals surface area contributed by atoms with Gasteiger partial charge in [-0.3, -0.25) is 0 Å². The second-order valence-corrected chi connectivity index (χ2v) is 7.19. The molecule has 0 aromatic rings. The summed E-state index contributed by atoms with van der Waals surface area (Å²) in [5.74, 6) is 3.54. The second kappa shape index (κ2) is 8.50. The van der Waals surface area contributed by atoms with Crippen LogP contribution in [0.15, 0.2) is 0 Å². The van der Waals surface area contributed by atoms with Crippen LogP contribution >= 0.6 is 11.8 Å². The lowest BCUT2D eigenvalue weighted by Crippen LogP contribution is -2.44. The zero-order valence-corrected chi connectivity index (χ0v) is 13.6. The average Bonchev–Trinajstić information content (AvgIpc) is 2.48. The summed E-state index contributed by atoms with van der Waals surface area (Å²) in [6, 6.07) is 0.693. The van der Waals surface area contributed by atoms with E-state index in [4.69, 9.17) is 0 Å². The molecule has 2 aliphatic rings. The summed E-state index contributed by atoms with van der Waals surface area (Å²) >= 11 is 2.10. The topological polar surface area (TPSA) is 18.5 Å². The molecule has 0 bridgehead atoms. The van der Waals surface area contributed by atoms with Gasteiger partial charge in [-0.05, 0) is 45.3 Å². The number of nitrogens with zero attached hydrogens (tertiary/aromatic N) is 2. The molecule has 0 aromatic carbocycles. The molecule has 1 N–H and O–H groups in total. The highest BCUT2D eigenvalue weighted by Crippen LogP contribution is 2.20. The summed E-state index contributed by atoms with van der Waals surface area (Å²) in [5.41, 5.74) is 0. The van der Waals surface area contributed by atoms with Gasteiger partial charge in [0.2, 0.25) is 0 Å². The molecule has 4 heteroatoms. The fraction of sp³-hybridized carbons (Fsp3) is 1.00. The summed E-state index contributed by atoms with van der Waals surface area (Å²) in [5, 5.41) is 3.77. The number of nitrogens with one attached hydrogen (secondary N) is 1. The van der Waals surface area contributed by atoms with Crippen LogP contribution in [0.25, 0.3) is 0 Å². The molecule has 1 unspecified atom stereocenters. The summed E-state index contributed by atoms with van der Waals surface area (Å²) < 4.78 is 0. The van der Waals surface area contributed by atoms with Crippen LogP contribution in [-0.4, -0.2) is 73.2 Å². The van der Waals surface area contributed by atoms with E-state index < -0.39 is 0 Å². The fourth-order valence-electron chi connectivity index (χ4n) is 3.21. The van der Waals surface area contributed by atoms with E-state index in [2.05, 4.69) is 40.7 Å². The van der Waals surface area contributed by atoms with E-state index in [1.807, 2.05) is 0 Å². The van der Waals surface area contributed by atoms with Crippen LogP contribution < -0.4 is 5.32 Å². The van der Waals surface area contributed by atoms with Gasteiger partial charge < -0.3 is 15.1 Å². The number of likely N-dealkylation sites (tertiary alicyclic amines) is 1. The van der Waals surface area contributed by atoms with Gasteiger partial charge in [0.15, 0.2) is 0 Å². The third-order valence-corrected chi connectivity index (χ3v) is 5.73. The monoisotopic (exact) mass is 285 g/mol. The van der Waals surface area contributed by atoms with E-state index >= 15 is 0 Å². The molecule has 0 spiro atoms. The van der Waals surface area contributed by atoms with Crippen LogP contribution in [0.1, 0.15) is 26.7 Å². The molecule has 2 saturated heterocycles. The highest BCUT2D eigenvalue weighted by Gasteiger charge is 2.22. The van der Waals surface area contributed by atoms with Gasteiger partial charge in [-0.25, -0.2) is 0 Å². The summed E-state index contributed by atoms with van der Waals surface area (Å²) in [4.78, 5) is 5.19. The van der Waals surface area contributed by atoms with Gasteiger partial charge in [-0.15, -0.1) is 0 Å². The van der Waals surface area contributed by atoms with Crippen molar-refractivity contribution in [1.29, 1.82) is 0 Å². The molecule has 0 aromatic heterocycles. The van der Waals surface area contributed by atoms with Crippen LogP contribution in [0.3, 0.4) is 0 Å². The molecule has 0 radical (unpaired) electrons. The highest BCUT2D eigenvalue weighted by atomic mass is 32.2. The Morgan fingerprint density at radius 2 is 1.79 bits per heavy atom. The molecule has 2 rings (SSSR count). The van der Waals surface area contributed by atoms with E-state index in [0.717, 1.165) is 5.92 Å². The average molecular weight is 286 g/mol. The zero-order chi connectivity index (χ0) is 13.5. The lowest BCUT2D eigenvalue weighted by Gasteiger charge is -2.35. The Morgan fingerprint density at radius 1 is 1.11 bits per heavy atom. The Kier molecular flexibility index (Phi) is 6.99. The molecule has 3 nitrogen and oxygen atoms in total. The first-order chi connectivity index (χ1) is 9.29. The maximum absolute atomic E-state index is 3.77. The quantitative estimate of drug-likeness (QED) is 0.801. The van der Waals surface area contributed by atoms with E-state index in [9.17, 15) is 0 Å². The Morgan fingerprint density at radius 3 is 2.42 bits per heavy atom. The molecular weight excluding hydrogens is 254 g/mol. The van der Waals surface area contributed by atoms with Crippen LogP contribution in [0.4, 0.5) is 0 Å². The lowest BCUT2D eigenvalue weighted by atomic mass is 9.90. The maximum atomic E-state index is 3.77. The van der Waals surface area contributed by atoms with E-state index in [-0.39, 0.29) is 0 Å². The van der Waals surface area contributed by atoms with Crippen molar-refractivity contribution in [2.75, 3.05) is 57.3 Å². The molecule has 0 amide bonds. The Labute approximate surface area is 123 Å². The Hall–Kier alpha value is 0.230. The van der Waals surface area contributed by atoms with Gasteiger partial charge >= 0.3 is 0 Å². The first-order valence-corrected chi connectivity index (χ1v) is 9.21. The minimum Gasteiger partial charge on any atom is -0.313 e. The molecule has 2 fully saturated rings. The van der Waals surface area contributed by atoms with Crippen LogP contribution in [0, 0.1) is 5.92 Å². The zero-order valence-electron chi connectivity index (χ0n) is 12.7. The first-order valence-electron chi connectivity index (χ1n) is 8.05. The van der Waals surface area contributed by atoms with Crippen molar-refractivity contribution in [3.05, 3.63) is 0 Å². The SMILES string of the molecule is CCN1CCC(C(C)NCCN2CCSCC2)CC1. The number of thioether (sulfide) groups is 1. The predicted octanol–water partition coefficient (Wildman–Crippen LogP) is 1.75. The van der Waals surface area contributed by atoms with Crippen molar-refractivity contribution >= 4 is 11.8 Å². The van der Waals surface area contributed by atoms with Crippen LogP contribution in [0.5, 0.6) is 0 Å². The predicted molar refractivity (Wildman–Crippen MR) is 86.1 cm³/mol. The molecule has 2 aliphatic heterocycles. The third kappa shape index (κ3) is 5.25. The molecule has 2 heterocycles. The van der Waals surface area contributed by atoms with E-state index in [1.165, 1.54) is 70.2 Å². The Balaban J connectivity index is 1.57. The van der Waals surface area contributed by atoms with Gasteiger partial charge in [-0.1, -0.05) is 6.92 Å². The molecule has 0 aliphatic carbocycles. The van der Waals surface area contributed by atoms with Crippen molar-refractivity contribution in [2.45, 2.75) is 32.7 Å². The minimum atomic E-state index is 0.693.